The minimum absolute atomic E-state index is 0.0826. The maximum atomic E-state index is 12.1. The monoisotopic (exact) mass is 409 g/mol. The Balaban J connectivity index is 1.73. The number of amides is 1. The Hall–Kier alpha value is -3.38. The molecular weight excluding hydrogens is 390 g/mol. The molecule has 0 radical (unpaired) electrons. The van der Waals surface area contributed by atoms with Crippen LogP contribution in [-0.4, -0.2) is 28.8 Å². The van der Waals surface area contributed by atoms with Gasteiger partial charge in [0.15, 0.2) is 0 Å². The van der Waals surface area contributed by atoms with Gasteiger partial charge in [0.25, 0.3) is 5.91 Å². The first-order valence-corrected chi connectivity index (χ1v) is 9.38. The summed E-state index contributed by atoms with van der Waals surface area (Å²) in [6.45, 7) is 4.45. The summed E-state index contributed by atoms with van der Waals surface area (Å²) in [4.78, 5) is 16.7. The molecule has 2 aromatic carbocycles. The Kier molecular flexibility index (Phi) is 6.46. The molecule has 0 fully saturated rings. The number of aryl methyl sites for hydroxylation is 1. The van der Waals surface area contributed by atoms with Crippen molar-refractivity contribution in [1.29, 1.82) is 0 Å². The fourth-order valence-corrected chi connectivity index (χ4v) is 2.86. The minimum Gasteiger partial charge on any atom is -0.506 e. The zero-order chi connectivity index (χ0) is 20.8. The van der Waals surface area contributed by atoms with E-state index < -0.39 is 5.91 Å². The van der Waals surface area contributed by atoms with Crippen molar-refractivity contribution in [3.63, 3.8) is 0 Å². The Bertz CT molecular complexity index is 1050. The van der Waals surface area contributed by atoms with Crippen LogP contribution in [0.2, 0.25) is 5.02 Å². The third-order valence-electron chi connectivity index (χ3n) is 4.03. The number of phenolic OH excluding ortho intramolecular Hbond substituents is 1. The molecule has 0 atom stereocenters. The average molecular weight is 410 g/mol. The van der Waals surface area contributed by atoms with Crippen LogP contribution >= 0.6 is 11.6 Å². The second-order valence-corrected chi connectivity index (χ2v) is 6.66. The van der Waals surface area contributed by atoms with Crippen molar-refractivity contribution in [3.05, 3.63) is 76.4 Å². The molecule has 148 valence electrons. The summed E-state index contributed by atoms with van der Waals surface area (Å²) in [5.41, 5.74) is 6.12. The number of rotatable bonds is 6. The number of pyridine rings is 1. The molecule has 3 aromatic rings. The summed E-state index contributed by atoms with van der Waals surface area (Å²) in [5, 5.41) is 13.5. The lowest BCUT2D eigenvalue weighted by molar-refractivity contribution is 0.0955. The van der Waals surface area contributed by atoms with E-state index >= 15 is 0 Å². The van der Waals surface area contributed by atoms with Crippen molar-refractivity contribution in [3.8, 4) is 22.8 Å². The molecule has 3 rings (SSSR count). The Morgan fingerprint density at radius 1 is 1.21 bits per heavy atom. The highest BCUT2D eigenvalue weighted by Crippen LogP contribution is 2.24. The molecule has 29 heavy (non-hydrogen) atoms. The average Bonchev–Trinajstić information content (AvgIpc) is 2.70. The standard InChI is InChI=1S/C22H20ClN3O3/c1-3-29-18-7-4-16(5-8-18)20-11-15(10-14(2)25-20)13-24-26-22(28)17-6-9-21(27)19(23)12-17/h4-13,27H,3H2,1-2H3,(H,26,28). The second kappa shape index (κ2) is 9.21. The number of hydrogen-bond donors (Lipinski definition) is 2. The number of nitrogens with zero attached hydrogens (tertiary/aromatic N) is 2. The number of ether oxygens (including phenoxy) is 1. The van der Waals surface area contributed by atoms with Crippen LogP contribution in [0.25, 0.3) is 11.3 Å². The smallest absolute Gasteiger partial charge is 0.271 e. The van der Waals surface area contributed by atoms with E-state index in [2.05, 4.69) is 15.5 Å². The van der Waals surface area contributed by atoms with Gasteiger partial charge in [-0.05, 0) is 74.0 Å². The Labute approximate surface area is 173 Å². The summed E-state index contributed by atoms with van der Waals surface area (Å²) in [6.07, 6.45) is 1.55. The maximum Gasteiger partial charge on any atom is 0.271 e. The number of carbonyl (C=O) groups excluding carboxylic acids is 1. The highest BCUT2D eigenvalue weighted by Gasteiger charge is 2.08. The van der Waals surface area contributed by atoms with Crippen molar-refractivity contribution >= 4 is 23.7 Å². The van der Waals surface area contributed by atoms with Crippen LogP contribution in [0.3, 0.4) is 0 Å². The zero-order valence-corrected chi connectivity index (χ0v) is 16.8. The molecular formula is C22H20ClN3O3. The van der Waals surface area contributed by atoms with Gasteiger partial charge in [0, 0.05) is 16.8 Å². The van der Waals surface area contributed by atoms with Crippen LogP contribution in [0, 0.1) is 6.92 Å². The summed E-state index contributed by atoms with van der Waals surface area (Å²) in [5.74, 6) is 0.296. The predicted octanol–water partition coefficient (Wildman–Crippen LogP) is 4.58. The SMILES string of the molecule is CCOc1ccc(-c2cc(C=NNC(=O)c3ccc(O)c(Cl)c3)cc(C)n2)cc1. The molecule has 0 aliphatic rings. The van der Waals surface area contributed by atoms with Crippen LogP contribution in [-0.2, 0) is 0 Å². The van der Waals surface area contributed by atoms with Gasteiger partial charge in [-0.25, -0.2) is 5.43 Å². The predicted molar refractivity (Wildman–Crippen MR) is 114 cm³/mol. The topological polar surface area (TPSA) is 83.8 Å². The highest BCUT2D eigenvalue weighted by molar-refractivity contribution is 6.32. The number of nitrogens with one attached hydrogen (secondary N) is 1. The molecule has 2 N–H and O–H groups in total. The van der Waals surface area contributed by atoms with Crippen molar-refractivity contribution < 1.29 is 14.6 Å². The quantitative estimate of drug-likeness (QED) is 0.461. The number of aromatic nitrogens is 1. The van der Waals surface area contributed by atoms with Crippen molar-refractivity contribution in [2.24, 2.45) is 5.10 Å². The van der Waals surface area contributed by atoms with E-state index in [1.54, 1.807) is 6.21 Å². The van der Waals surface area contributed by atoms with E-state index in [9.17, 15) is 9.90 Å². The van der Waals surface area contributed by atoms with E-state index in [0.29, 0.717) is 12.2 Å². The molecule has 0 bridgehead atoms. The fourth-order valence-electron chi connectivity index (χ4n) is 2.68. The number of aromatic hydroxyl groups is 1. The zero-order valence-electron chi connectivity index (χ0n) is 16.0. The third-order valence-corrected chi connectivity index (χ3v) is 4.33. The first kappa shape index (κ1) is 20.4. The van der Waals surface area contributed by atoms with Crippen molar-refractivity contribution in [1.82, 2.24) is 10.4 Å². The van der Waals surface area contributed by atoms with E-state index in [1.807, 2.05) is 50.2 Å². The second-order valence-electron chi connectivity index (χ2n) is 6.25. The number of halogens is 1. The molecule has 0 aliphatic heterocycles. The molecule has 1 heterocycles. The molecule has 1 amide bonds. The normalized spacial score (nSPS) is 10.9. The summed E-state index contributed by atoms with van der Waals surface area (Å²) < 4.78 is 5.47. The van der Waals surface area contributed by atoms with Crippen LogP contribution in [0.4, 0.5) is 0 Å². The van der Waals surface area contributed by atoms with Crippen LogP contribution in [0.1, 0.15) is 28.5 Å². The van der Waals surface area contributed by atoms with Gasteiger partial charge in [0.05, 0.1) is 23.5 Å². The largest absolute Gasteiger partial charge is 0.506 e. The first-order chi connectivity index (χ1) is 14.0. The van der Waals surface area contributed by atoms with Gasteiger partial charge < -0.3 is 9.84 Å². The summed E-state index contributed by atoms with van der Waals surface area (Å²) >= 11 is 5.82. The molecule has 0 saturated carbocycles. The van der Waals surface area contributed by atoms with E-state index in [-0.39, 0.29) is 10.8 Å². The summed E-state index contributed by atoms with van der Waals surface area (Å²) in [7, 11) is 0. The highest BCUT2D eigenvalue weighted by atomic mass is 35.5. The third kappa shape index (κ3) is 5.33. The number of hydrogen-bond acceptors (Lipinski definition) is 5. The van der Waals surface area contributed by atoms with Gasteiger partial charge in [0.1, 0.15) is 11.5 Å². The van der Waals surface area contributed by atoms with Crippen molar-refractivity contribution in [2.75, 3.05) is 6.61 Å². The van der Waals surface area contributed by atoms with Crippen LogP contribution in [0.5, 0.6) is 11.5 Å². The molecule has 0 spiro atoms. The van der Waals surface area contributed by atoms with Gasteiger partial charge in [-0.2, -0.15) is 5.10 Å². The lowest BCUT2D eigenvalue weighted by Crippen LogP contribution is -2.17. The van der Waals surface area contributed by atoms with Gasteiger partial charge >= 0.3 is 0 Å². The molecule has 1 aromatic heterocycles. The number of carbonyl (C=O) groups is 1. The van der Waals surface area contributed by atoms with Gasteiger partial charge in [0.2, 0.25) is 0 Å². The lowest BCUT2D eigenvalue weighted by Gasteiger charge is -2.07. The maximum absolute atomic E-state index is 12.1. The van der Waals surface area contributed by atoms with Crippen LogP contribution in [0.15, 0.2) is 59.7 Å². The molecule has 0 aliphatic carbocycles. The number of hydrazone groups is 1. The fraction of sp³-hybridized carbons (Fsp3) is 0.136. The lowest BCUT2D eigenvalue weighted by atomic mass is 10.1. The van der Waals surface area contributed by atoms with Crippen LogP contribution < -0.4 is 10.2 Å². The van der Waals surface area contributed by atoms with E-state index in [4.69, 9.17) is 16.3 Å². The molecule has 0 unspecified atom stereocenters. The number of phenols is 1. The minimum atomic E-state index is -0.430. The first-order valence-electron chi connectivity index (χ1n) is 9.00. The van der Waals surface area contributed by atoms with Gasteiger partial charge in [-0.3, -0.25) is 9.78 Å². The molecule has 7 heteroatoms. The summed E-state index contributed by atoms with van der Waals surface area (Å²) in [6, 6.07) is 15.7. The van der Waals surface area contributed by atoms with E-state index in [1.165, 1.54) is 18.2 Å². The van der Waals surface area contributed by atoms with Gasteiger partial charge in [-0.15, -0.1) is 0 Å². The Morgan fingerprint density at radius 3 is 2.66 bits per heavy atom. The van der Waals surface area contributed by atoms with Crippen molar-refractivity contribution in [2.45, 2.75) is 13.8 Å². The number of benzene rings is 2. The Morgan fingerprint density at radius 2 is 1.97 bits per heavy atom. The van der Waals surface area contributed by atoms with E-state index in [0.717, 1.165) is 28.3 Å². The molecule has 6 nitrogen and oxygen atoms in total. The van der Waals surface area contributed by atoms with Gasteiger partial charge in [-0.1, -0.05) is 11.6 Å². The molecule has 0 saturated heterocycles.